The summed E-state index contributed by atoms with van der Waals surface area (Å²) >= 11 is 0. The lowest BCUT2D eigenvalue weighted by molar-refractivity contribution is 0.102. The Balaban J connectivity index is 1.74. The van der Waals surface area contributed by atoms with E-state index in [1.54, 1.807) is 12.1 Å². The Morgan fingerprint density at radius 3 is 2.93 bits per heavy atom. The van der Waals surface area contributed by atoms with Crippen molar-refractivity contribution in [1.29, 1.82) is 0 Å². The predicted molar refractivity (Wildman–Crippen MR) is 107 cm³/mol. The van der Waals surface area contributed by atoms with Crippen molar-refractivity contribution in [3.05, 3.63) is 35.9 Å². The molecule has 29 heavy (non-hydrogen) atoms. The zero-order valence-electron chi connectivity index (χ0n) is 16.5. The molecule has 2 heterocycles. The van der Waals surface area contributed by atoms with Gasteiger partial charge in [0.1, 0.15) is 5.82 Å². The van der Waals surface area contributed by atoms with Crippen LogP contribution in [-0.4, -0.2) is 59.7 Å². The number of sulfonamides is 1. The van der Waals surface area contributed by atoms with E-state index in [0.29, 0.717) is 24.7 Å². The first-order valence-electron chi connectivity index (χ1n) is 9.54. The minimum Gasteiger partial charge on any atom is -0.474 e. The summed E-state index contributed by atoms with van der Waals surface area (Å²) in [4.78, 5) is 12.6. The van der Waals surface area contributed by atoms with Gasteiger partial charge in [0.15, 0.2) is 0 Å². The number of carbonyl (C=O) groups excluding carboxylic acids is 1. The van der Waals surface area contributed by atoms with E-state index in [0.717, 1.165) is 6.42 Å². The highest BCUT2D eigenvalue weighted by Gasteiger charge is 2.30. The summed E-state index contributed by atoms with van der Waals surface area (Å²) in [6, 6.07) is 7.47. The lowest BCUT2D eigenvalue weighted by Gasteiger charge is -2.31. The summed E-state index contributed by atoms with van der Waals surface area (Å²) < 4.78 is 32.7. The van der Waals surface area contributed by atoms with E-state index in [-0.39, 0.29) is 35.6 Å². The molecule has 1 aromatic heterocycles. The minimum absolute atomic E-state index is 0.0405. The largest absolute Gasteiger partial charge is 0.474 e. The number of amides is 1. The van der Waals surface area contributed by atoms with Crippen molar-refractivity contribution in [3.63, 3.8) is 0 Å². The highest BCUT2D eigenvalue weighted by molar-refractivity contribution is 7.89. The maximum atomic E-state index is 13.0. The van der Waals surface area contributed by atoms with Crippen LogP contribution < -0.4 is 10.1 Å². The number of piperidine rings is 1. The summed E-state index contributed by atoms with van der Waals surface area (Å²) in [5.74, 6) is 0.178. The molecule has 0 radical (unpaired) electrons. The molecule has 0 saturated carbocycles. The van der Waals surface area contributed by atoms with Crippen LogP contribution >= 0.6 is 0 Å². The van der Waals surface area contributed by atoms with Gasteiger partial charge in [0.05, 0.1) is 11.0 Å². The number of ether oxygens (including phenoxy) is 1. The molecule has 0 aliphatic carbocycles. The maximum absolute atomic E-state index is 13.0. The molecule has 1 saturated heterocycles. The number of nitrogens with one attached hydrogen (secondary N) is 2. The van der Waals surface area contributed by atoms with Gasteiger partial charge in [-0.05, 0) is 50.8 Å². The van der Waals surface area contributed by atoms with Crippen LogP contribution in [0, 0.1) is 5.92 Å². The number of hydrogen-bond acceptors (Lipinski definition) is 6. The molecule has 0 bridgehead atoms. The summed E-state index contributed by atoms with van der Waals surface area (Å²) in [7, 11) is -3.74. The highest BCUT2D eigenvalue weighted by atomic mass is 32.2. The van der Waals surface area contributed by atoms with E-state index in [1.807, 2.05) is 13.8 Å². The molecular formula is C19H26N4O5S. The van der Waals surface area contributed by atoms with Crippen LogP contribution in [0.2, 0.25) is 0 Å². The molecule has 1 amide bonds. The van der Waals surface area contributed by atoms with Crippen molar-refractivity contribution < 1.29 is 23.1 Å². The van der Waals surface area contributed by atoms with Crippen molar-refractivity contribution in [3.8, 4) is 5.88 Å². The van der Waals surface area contributed by atoms with Crippen LogP contribution in [0.1, 0.15) is 37.0 Å². The number of carbonyl (C=O) groups is 1. The van der Waals surface area contributed by atoms with Crippen LogP contribution in [-0.2, 0) is 10.0 Å². The number of aliphatic hydroxyl groups is 1. The first-order valence-corrected chi connectivity index (χ1v) is 11.0. The summed E-state index contributed by atoms with van der Waals surface area (Å²) in [6.45, 7) is 4.37. The van der Waals surface area contributed by atoms with Gasteiger partial charge in [0, 0.05) is 31.3 Å². The van der Waals surface area contributed by atoms with Gasteiger partial charge in [-0.1, -0.05) is 6.07 Å². The predicted octanol–water partition coefficient (Wildman–Crippen LogP) is 1.84. The minimum atomic E-state index is -3.74. The zero-order chi connectivity index (χ0) is 21.0. The van der Waals surface area contributed by atoms with Gasteiger partial charge in [-0.15, -0.1) is 5.10 Å². The molecule has 0 spiro atoms. The second-order valence-electron chi connectivity index (χ2n) is 7.32. The number of hydrogen-bond donors (Lipinski definition) is 3. The number of benzene rings is 1. The van der Waals surface area contributed by atoms with E-state index in [1.165, 1.54) is 22.5 Å². The van der Waals surface area contributed by atoms with Gasteiger partial charge in [-0.2, -0.15) is 4.31 Å². The Kier molecular flexibility index (Phi) is 6.56. The van der Waals surface area contributed by atoms with Crippen molar-refractivity contribution in [1.82, 2.24) is 14.5 Å². The topological polar surface area (TPSA) is 125 Å². The van der Waals surface area contributed by atoms with Crippen LogP contribution in [0.3, 0.4) is 0 Å². The molecule has 1 aliphatic heterocycles. The molecule has 1 atom stereocenters. The van der Waals surface area contributed by atoms with E-state index in [2.05, 4.69) is 15.5 Å². The van der Waals surface area contributed by atoms with Gasteiger partial charge in [-0.3, -0.25) is 9.89 Å². The Morgan fingerprint density at radius 2 is 2.21 bits per heavy atom. The fourth-order valence-electron chi connectivity index (χ4n) is 3.20. The van der Waals surface area contributed by atoms with Crippen molar-refractivity contribution in [2.45, 2.75) is 37.7 Å². The van der Waals surface area contributed by atoms with Gasteiger partial charge in [0.2, 0.25) is 15.9 Å². The molecule has 3 N–H and O–H groups in total. The molecule has 10 heteroatoms. The number of aromatic amines is 1. The molecular weight excluding hydrogens is 396 g/mol. The third-order valence-corrected chi connectivity index (χ3v) is 6.49. The summed E-state index contributed by atoms with van der Waals surface area (Å²) in [6.07, 6.45) is 1.45. The van der Waals surface area contributed by atoms with E-state index in [9.17, 15) is 18.3 Å². The van der Waals surface area contributed by atoms with Gasteiger partial charge in [-0.25, -0.2) is 8.42 Å². The lowest BCUT2D eigenvalue weighted by Crippen LogP contribution is -2.40. The third kappa shape index (κ3) is 5.14. The highest BCUT2D eigenvalue weighted by Crippen LogP contribution is 2.24. The normalized spacial score (nSPS) is 18.0. The first kappa shape index (κ1) is 21.3. The van der Waals surface area contributed by atoms with E-state index >= 15 is 0 Å². The monoisotopic (exact) mass is 422 g/mol. The number of H-pyrrole nitrogens is 1. The molecule has 3 rings (SSSR count). The lowest BCUT2D eigenvalue weighted by atomic mass is 10.0. The second-order valence-corrected chi connectivity index (χ2v) is 9.26. The van der Waals surface area contributed by atoms with Crippen molar-refractivity contribution in [2.24, 2.45) is 5.92 Å². The maximum Gasteiger partial charge on any atom is 0.256 e. The summed E-state index contributed by atoms with van der Waals surface area (Å²) in [5.41, 5.74) is 0.211. The second kappa shape index (κ2) is 8.93. The van der Waals surface area contributed by atoms with Crippen LogP contribution in [0.25, 0.3) is 0 Å². The smallest absolute Gasteiger partial charge is 0.256 e. The number of aromatic nitrogens is 2. The number of nitrogens with zero attached hydrogens (tertiary/aromatic N) is 2. The molecule has 1 aliphatic rings. The van der Waals surface area contributed by atoms with Gasteiger partial charge < -0.3 is 15.2 Å². The molecule has 1 unspecified atom stereocenters. The Bertz CT molecular complexity index is 957. The summed E-state index contributed by atoms with van der Waals surface area (Å²) in [5, 5.41) is 18.6. The molecule has 1 fully saturated rings. The number of aliphatic hydroxyl groups excluding tert-OH is 1. The standard InChI is InChI=1S/C19H26N4O5S/c1-13(2)28-18-10-17(21-22-18)20-19(25)15-6-3-7-16(9-15)29(26,27)23-8-4-5-14(11-23)12-24/h3,6-7,9-10,13-14,24H,4-5,8,11-12H2,1-2H3,(H2,20,21,22,25). The van der Waals surface area contributed by atoms with Crippen molar-refractivity contribution >= 4 is 21.7 Å². The average Bonchev–Trinajstić information content (AvgIpc) is 3.14. The quantitative estimate of drug-likeness (QED) is 0.625. The number of rotatable bonds is 7. The zero-order valence-corrected chi connectivity index (χ0v) is 17.3. The van der Waals surface area contributed by atoms with Gasteiger partial charge in [0.25, 0.3) is 5.91 Å². The Morgan fingerprint density at radius 1 is 1.41 bits per heavy atom. The van der Waals surface area contributed by atoms with Crippen LogP contribution in [0.4, 0.5) is 5.82 Å². The van der Waals surface area contributed by atoms with Crippen LogP contribution in [0.15, 0.2) is 35.2 Å². The Hall–Kier alpha value is -2.43. The molecule has 158 valence electrons. The third-order valence-electron chi connectivity index (χ3n) is 4.63. The number of anilines is 1. The molecule has 1 aromatic carbocycles. The first-order chi connectivity index (χ1) is 13.8. The van der Waals surface area contributed by atoms with Crippen molar-refractivity contribution in [2.75, 3.05) is 25.0 Å². The fraction of sp³-hybridized carbons (Fsp3) is 0.474. The van der Waals surface area contributed by atoms with E-state index < -0.39 is 15.9 Å². The average molecular weight is 423 g/mol. The van der Waals surface area contributed by atoms with Gasteiger partial charge >= 0.3 is 0 Å². The fourth-order valence-corrected chi connectivity index (χ4v) is 4.81. The molecule has 9 nitrogen and oxygen atoms in total. The molecule has 2 aromatic rings. The van der Waals surface area contributed by atoms with E-state index in [4.69, 9.17) is 4.74 Å². The Labute approximate surface area is 170 Å². The SMILES string of the molecule is CC(C)Oc1cc(NC(=O)c2cccc(S(=O)(=O)N3CCCC(CO)C3)c2)[nH]n1. The van der Waals surface area contributed by atoms with Crippen LogP contribution in [0.5, 0.6) is 5.88 Å².